The Hall–Kier alpha value is -2.78. The Morgan fingerprint density at radius 1 is 1.06 bits per heavy atom. The topological polar surface area (TPSA) is 94.1 Å². The number of esters is 2. The van der Waals surface area contributed by atoms with E-state index in [1.54, 1.807) is 66.8 Å². The van der Waals surface area contributed by atoms with E-state index in [1.807, 2.05) is 12.1 Å². The summed E-state index contributed by atoms with van der Waals surface area (Å²) in [5.41, 5.74) is 2.15. The van der Waals surface area contributed by atoms with Crippen molar-refractivity contribution in [3.05, 3.63) is 65.2 Å². The smallest absolute Gasteiger partial charge is 0.338 e. The molecule has 9 heteroatoms. The molecule has 1 aliphatic heterocycles. The molecule has 0 fully saturated rings. The predicted octanol–water partition coefficient (Wildman–Crippen LogP) is 3.99. The van der Waals surface area contributed by atoms with E-state index in [4.69, 9.17) is 9.47 Å². The molecule has 2 aromatic carbocycles. The second-order valence-electron chi connectivity index (χ2n) is 6.36. The average molecular weight is 459 g/mol. The number of aliphatic imine (C=N–C) groups is 1. The second-order valence-corrected chi connectivity index (χ2v) is 8.67. The summed E-state index contributed by atoms with van der Waals surface area (Å²) >= 11 is 3.31. The zero-order chi connectivity index (χ0) is 22.1. The molecule has 0 spiro atoms. The van der Waals surface area contributed by atoms with Crippen molar-refractivity contribution in [2.24, 2.45) is 4.99 Å². The van der Waals surface area contributed by atoms with Crippen LogP contribution in [0.3, 0.4) is 0 Å². The maximum atomic E-state index is 12.5. The van der Waals surface area contributed by atoms with Crippen molar-refractivity contribution in [2.75, 3.05) is 30.8 Å². The molecule has 31 heavy (non-hydrogen) atoms. The molecule has 0 radical (unpaired) electrons. The number of nitrogens with zero attached hydrogens (tertiary/aromatic N) is 1. The summed E-state index contributed by atoms with van der Waals surface area (Å²) in [5.74, 6) is 0.151. The van der Waals surface area contributed by atoms with Gasteiger partial charge in [-0.2, -0.15) is 0 Å². The zero-order valence-electron chi connectivity index (χ0n) is 17.0. The quantitative estimate of drug-likeness (QED) is 0.598. The minimum atomic E-state index is -0.551. The van der Waals surface area contributed by atoms with Gasteiger partial charge in [0.05, 0.1) is 24.3 Å². The first kappa shape index (κ1) is 22.9. The fourth-order valence-corrected chi connectivity index (χ4v) is 4.71. The predicted molar refractivity (Wildman–Crippen MR) is 124 cm³/mol. The lowest BCUT2D eigenvalue weighted by molar-refractivity contribution is -0.119. The largest absolute Gasteiger partial charge is 0.462 e. The van der Waals surface area contributed by atoms with E-state index in [0.717, 1.165) is 22.2 Å². The van der Waals surface area contributed by atoms with Crippen LogP contribution in [-0.4, -0.2) is 47.7 Å². The van der Waals surface area contributed by atoms with Crippen molar-refractivity contribution in [1.29, 1.82) is 0 Å². The number of nitrogens with one attached hydrogen (secondary N) is 1. The van der Waals surface area contributed by atoms with Gasteiger partial charge in [-0.15, -0.1) is 0 Å². The Labute approximate surface area is 189 Å². The van der Waals surface area contributed by atoms with Gasteiger partial charge in [-0.3, -0.25) is 9.79 Å². The van der Waals surface area contributed by atoms with E-state index < -0.39 is 24.5 Å². The van der Waals surface area contributed by atoms with Gasteiger partial charge in [0.1, 0.15) is 4.38 Å². The molecule has 0 aliphatic carbocycles. The van der Waals surface area contributed by atoms with Crippen LogP contribution in [0.2, 0.25) is 0 Å². The highest BCUT2D eigenvalue weighted by Gasteiger charge is 2.16. The molecule has 1 heterocycles. The van der Waals surface area contributed by atoms with Crippen molar-refractivity contribution in [1.82, 2.24) is 0 Å². The van der Waals surface area contributed by atoms with Gasteiger partial charge in [-0.05, 0) is 42.8 Å². The van der Waals surface area contributed by atoms with Gasteiger partial charge in [-0.1, -0.05) is 41.7 Å². The van der Waals surface area contributed by atoms with Gasteiger partial charge in [0.2, 0.25) is 0 Å². The molecule has 7 nitrogen and oxygen atoms in total. The Balaban J connectivity index is 1.51. The first-order valence-corrected chi connectivity index (χ1v) is 11.7. The zero-order valence-corrected chi connectivity index (χ0v) is 18.6. The molecule has 1 N–H and O–H groups in total. The number of rotatable bonds is 8. The van der Waals surface area contributed by atoms with Gasteiger partial charge < -0.3 is 14.8 Å². The molecule has 0 saturated heterocycles. The third-order valence-electron chi connectivity index (χ3n) is 4.16. The lowest BCUT2D eigenvalue weighted by Crippen LogP contribution is -2.21. The molecular weight excluding hydrogens is 436 g/mol. The minimum Gasteiger partial charge on any atom is -0.462 e. The molecule has 0 saturated carbocycles. The second kappa shape index (κ2) is 11.6. The van der Waals surface area contributed by atoms with Crippen LogP contribution in [0.5, 0.6) is 0 Å². The van der Waals surface area contributed by atoms with E-state index in [-0.39, 0.29) is 6.61 Å². The number of hydrogen-bond donors (Lipinski definition) is 1. The molecule has 1 amide bonds. The number of anilines is 1. The molecular formula is C22H22N2O5S2. The van der Waals surface area contributed by atoms with Crippen LogP contribution in [-0.2, 0) is 20.0 Å². The van der Waals surface area contributed by atoms with E-state index in [2.05, 4.69) is 10.3 Å². The van der Waals surface area contributed by atoms with Crippen LogP contribution in [0.25, 0.3) is 0 Å². The molecule has 0 aromatic heterocycles. The van der Waals surface area contributed by atoms with E-state index in [0.29, 0.717) is 22.6 Å². The van der Waals surface area contributed by atoms with Crippen molar-refractivity contribution < 1.29 is 23.9 Å². The molecule has 2 aromatic rings. The maximum absolute atomic E-state index is 12.5. The average Bonchev–Trinajstić information content (AvgIpc) is 3.30. The SMILES string of the molecule is CCOC(=O)c1ccc(NC(=O)COC(=O)c2ccccc2CSC2=NCCS2)cc1. The van der Waals surface area contributed by atoms with Crippen LogP contribution in [0.15, 0.2) is 53.5 Å². The summed E-state index contributed by atoms with van der Waals surface area (Å²) in [4.78, 5) is 40.7. The van der Waals surface area contributed by atoms with E-state index >= 15 is 0 Å². The number of carbonyl (C=O) groups excluding carboxylic acids is 3. The van der Waals surface area contributed by atoms with Crippen molar-refractivity contribution >= 4 is 51.4 Å². The Morgan fingerprint density at radius 2 is 1.84 bits per heavy atom. The number of hydrogen-bond acceptors (Lipinski definition) is 8. The summed E-state index contributed by atoms with van der Waals surface area (Å²) in [5, 5.41) is 2.63. The molecule has 162 valence electrons. The monoisotopic (exact) mass is 458 g/mol. The van der Waals surface area contributed by atoms with Crippen molar-refractivity contribution in [3.8, 4) is 0 Å². The van der Waals surface area contributed by atoms with Crippen molar-refractivity contribution in [2.45, 2.75) is 12.7 Å². The normalized spacial score (nSPS) is 12.7. The van der Waals surface area contributed by atoms with Crippen LogP contribution < -0.4 is 5.32 Å². The molecule has 0 bridgehead atoms. The van der Waals surface area contributed by atoms with Gasteiger partial charge in [0.25, 0.3) is 5.91 Å². The Kier molecular flexibility index (Phi) is 8.54. The fourth-order valence-electron chi connectivity index (χ4n) is 2.70. The molecule has 0 atom stereocenters. The van der Waals surface area contributed by atoms with Gasteiger partial charge in [-0.25, -0.2) is 9.59 Å². The fraction of sp³-hybridized carbons (Fsp3) is 0.273. The van der Waals surface area contributed by atoms with Crippen LogP contribution >= 0.6 is 23.5 Å². The third-order valence-corrected chi connectivity index (χ3v) is 6.46. The number of carbonyl (C=O) groups is 3. The number of amides is 1. The summed E-state index contributed by atoms with van der Waals surface area (Å²) in [6.45, 7) is 2.44. The maximum Gasteiger partial charge on any atom is 0.338 e. The lowest BCUT2D eigenvalue weighted by atomic mass is 10.1. The van der Waals surface area contributed by atoms with Gasteiger partial charge in [0.15, 0.2) is 6.61 Å². The summed E-state index contributed by atoms with van der Waals surface area (Å²) in [7, 11) is 0. The van der Waals surface area contributed by atoms with E-state index in [9.17, 15) is 14.4 Å². The third kappa shape index (κ3) is 6.86. The Bertz CT molecular complexity index is 976. The Morgan fingerprint density at radius 3 is 2.55 bits per heavy atom. The first-order valence-electron chi connectivity index (χ1n) is 9.69. The first-order chi connectivity index (χ1) is 15.1. The van der Waals surface area contributed by atoms with Crippen LogP contribution in [0.1, 0.15) is 33.2 Å². The number of ether oxygens (including phenoxy) is 2. The highest BCUT2D eigenvalue weighted by atomic mass is 32.2. The summed E-state index contributed by atoms with van der Waals surface area (Å²) in [6, 6.07) is 13.5. The summed E-state index contributed by atoms with van der Waals surface area (Å²) < 4.78 is 11.1. The highest BCUT2D eigenvalue weighted by Crippen LogP contribution is 2.26. The van der Waals surface area contributed by atoms with E-state index in [1.165, 1.54) is 0 Å². The lowest BCUT2D eigenvalue weighted by Gasteiger charge is -2.10. The number of benzene rings is 2. The van der Waals surface area contributed by atoms with Gasteiger partial charge >= 0.3 is 11.9 Å². The molecule has 1 aliphatic rings. The van der Waals surface area contributed by atoms with Crippen LogP contribution in [0, 0.1) is 0 Å². The van der Waals surface area contributed by atoms with Gasteiger partial charge in [0, 0.05) is 17.2 Å². The summed E-state index contributed by atoms with van der Waals surface area (Å²) in [6.07, 6.45) is 0. The van der Waals surface area contributed by atoms with Crippen molar-refractivity contribution in [3.63, 3.8) is 0 Å². The minimum absolute atomic E-state index is 0.290. The molecule has 3 rings (SSSR count). The molecule has 0 unspecified atom stereocenters. The number of thioether (sulfide) groups is 2. The van der Waals surface area contributed by atoms with Crippen LogP contribution in [0.4, 0.5) is 5.69 Å². The standard InChI is InChI=1S/C22H22N2O5S2/c1-2-28-20(26)15-7-9-17(10-8-15)24-19(25)13-29-21(27)18-6-4-3-5-16(18)14-31-22-23-11-12-30-22/h3-10H,2,11-14H2,1H3,(H,24,25). The highest BCUT2D eigenvalue weighted by molar-refractivity contribution is 8.38.